The predicted octanol–water partition coefficient (Wildman–Crippen LogP) is 4.04. The summed E-state index contributed by atoms with van der Waals surface area (Å²) >= 11 is 6.59. The van der Waals surface area contributed by atoms with Crippen molar-refractivity contribution in [2.24, 2.45) is 0 Å². The Bertz CT molecular complexity index is 787. The van der Waals surface area contributed by atoms with Crippen molar-refractivity contribution in [2.75, 3.05) is 10.5 Å². The summed E-state index contributed by atoms with van der Waals surface area (Å²) in [6, 6.07) is 7.16. The number of para-hydroxylation sites is 1. The lowest BCUT2D eigenvalue weighted by Gasteiger charge is -2.14. The molecule has 0 saturated heterocycles. The molecule has 0 aliphatic rings. The molecule has 0 aliphatic heterocycles. The van der Waals surface area contributed by atoms with Gasteiger partial charge in [0.2, 0.25) is 0 Å². The topological polar surface area (TPSA) is 72.2 Å². The lowest BCUT2D eigenvalue weighted by Crippen LogP contribution is -2.16. The smallest absolute Gasteiger partial charge is 0.264 e. The maximum absolute atomic E-state index is 13.4. The molecule has 2 rings (SSSR count). The number of hydrogen-bond acceptors (Lipinski definition) is 3. The maximum Gasteiger partial charge on any atom is 0.264 e. The van der Waals surface area contributed by atoms with Gasteiger partial charge in [0.1, 0.15) is 10.7 Å². The summed E-state index contributed by atoms with van der Waals surface area (Å²) in [6.07, 6.45) is 0. The molecule has 0 atom stereocenters. The van der Waals surface area contributed by atoms with Crippen LogP contribution in [0.5, 0.6) is 0 Å². The fourth-order valence-corrected chi connectivity index (χ4v) is 4.86. The molecule has 0 bridgehead atoms. The predicted molar refractivity (Wildman–Crippen MR) is 88.2 cm³/mol. The van der Waals surface area contributed by atoms with Gasteiger partial charge in [-0.05, 0) is 68.6 Å². The van der Waals surface area contributed by atoms with E-state index in [1.54, 1.807) is 12.1 Å². The van der Waals surface area contributed by atoms with Gasteiger partial charge in [-0.3, -0.25) is 4.72 Å². The Morgan fingerprint density at radius 2 is 1.76 bits per heavy atom. The van der Waals surface area contributed by atoms with E-state index in [4.69, 9.17) is 5.73 Å². The SMILES string of the molecule is Cc1cc(Br)c(NS(=O)(=O)c2cccc(F)c2N)c(Br)c1. The molecule has 0 fully saturated rings. The highest BCUT2D eigenvalue weighted by Gasteiger charge is 2.21. The number of sulfonamides is 1. The van der Waals surface area contributed by atoms with Gasteiger partial charge in [-0.15, -0.1) is 0 Å². The van der Waals surface area contributed by atoms with Crippen molar-refractivity contribution in [3.05, 3.63) is 50.7 Å². The van der Waals surface area contributed by atoms with Crippen LogP contribution in [-0.4, -0.2) is 8.42 Å². The van der Waals surface area contributed by atoms with Crippen LogP contribution < -0.4 is 10.5 Å². The molecular formula is C13H11Br2FN2O2S. The summed E-state index contributed by atoms with van der Waals surface area (Å²) in [7, 11) is -4.00. The molecule has 4 nitrogen and oxygen atoms in total. The molecule has 0 heterocycles. The summed E-state index contributed by atoms with van der Waals surface area (Å²) in [4.78, 5) is -0.304. The maximum atomic E-state index is 13.4. The Hall–Kier alpha value is -1.12. The lowest BCUT2D eigenvalue weighted by molar-refractivity contribution is 0.597. The lowest BCUT2D eigenvalue weighted by atomic mass is 10.2. The zero-order chi connectivity index (χ0) is 15.8. The Kier molecular flexibility index (Phi) is 4.60. The number of anilines is 2. The van der Waals surface area contributed by atoms with Crippen molar-refractivity contribution < 1.29 is 12.8 Å². The molecule has 8 heteroatoms. The van der Waals surface area contributed by atoms with E-state index in [1.807, 2.05) is 6.92 Å². The van der Waals surface area contributed by atoms with Crippen molar-refractivity contribution in [1.82, 2.24) is 0 Å². The van der Waals surface area contributed by atoms with E-state index in [2.05, 4.69) is 36.6 Å². The summed E-state index contributed by atoms with van der Waals surface area (Å²) < 4.78 is 41.7. The summed E-state index contributed by atoms with van der Waals surface area (Å²) in [5.74, 6) is -0.778. The molecule has 0 radical (unpaired) electrons. The molecule has 0 aliphatic carbocycles. The molecule has 2 aromatic rings. The van der Waals surface area contributed by atoms with E-state index in [0.29, 0.717) is 14.6 Å². The van der Waals surface area contributed by atoms with Crippen LogP contribution in [-0.2, 0) is 10.0 Å². The first-order valence-electron chi connectivity index (χ1n) is 5.75. The number of nitrogens with two attached hydrogens (primary N) is 1. The fourth-order valence-electron chi connectivity index (χ4n) is 1.74. The quantitative estimate of drug-likeness (QED) is 0.711. The van der Waals surface area contributed by atoms with Gasteiger partial charge in [-0.2, -0.15) is 0 Å². The third-order valence-corrected chi connectivity index (χ3v) is 5.38. The summed E-state index contributed by atoms with van der Waals surface area (Å²) in [5, 5.41) is 0. The molecular weight excluding hydrogens is 427 g/mol. The van der Waals surface area contributed by atoms with E-state index >= 15 is 0 Å². The van der Waals surface area contributed by atoms with Crippen LogP contribution in [0.4, 0.5) is 15.8 Å². The zero-order valence-corrected chi connectivity index (χ0v) is 14.8. The molecule has 0 aromatic heterocycles. The van der Waals surface area contributed by atoms with Gasteiger partial charge in [0.05, 0.1) is 11.4 Å². The molecule has 2 aromatic carbocycles. The summed E-state index contributed by atoms with van der Waals surface area (Å²) in [5.41, 5.74) is 6.36. The van der Waals surface area contributed by atoms with Gasteiger partial charge in [0.25, 0.3) is 10.0 Å². The molecule has 0 unspecified atom stereocenters. The van der Waals surface area contributed by atoms with Crippen LogP contribution in [0.15, 0.2) is 44.2 Å². The van der Waals surface area contributed by atoms with E-state index < -0.39 is 21.5 Å². The number of aryl methyl sites for hydroxylation is 1. The number of rotatable bonds is 3. The minimum Gasteiger partial charge on any atom is -0.395 e. The highest BCUT2D eigenvalue weighted by molar-refractivity contribution is 9.11. The Balaban J connectivity index is 2.50. The summed E-state index contributed by atoms with van der Waals surface area (Å²) in [6.45, 7) is 1.87. The number of hydrogen-bond donors (Lipinski definition) is 2. The Labute approximate surface area is 138 Å². The second-order valence-electron chi connectivity index (χ2n) is 4.36. The van der Waals surface area contributed by atoms with Gasteiger partial charge in [0.15, 0.2) is 0 Å². The van der Waals surface area contributed by atoms with E-state index in [1.165, 1.54) is 12.1 Å². The van der Waals surface area contributed by atoms with Gasteiger partial charge < -0.3 is 5.73 Å². The highest BCUT2D eigenvalue weighted by Crippen LogP contribution is 2.34. The van der Waals surface area contributed by atoms with Crippen LogP contribution in [0.1, 0.15) is 5.56 Å². The minimum absolute atomic E-state index is 0.304. The fraction of sp³-hybridized carbons (Fsp3) is 0.0769. The minimum atomic E-state index is -4.00. The average molecular weight is 438 g/mol. The van der Waals surface area contributed by atoms with Crippen LogP contribution in [0.2, 0.25) is 0 Å². The van der Waals surface area contributed by atoms with Crippen LogP contribution in [0.3, 0.4) is 0 Å². The van der Waals surface area contributed by atoms with Gasteiger partial charge in [-0.1, -0.05) is 6.07 Å². The first kappa shape index (κ1) is 16.3. The normalized spacial score (nSPS) is 11.4. The van der Waals surface area contributed by atoms with Gasteiger partial charge in [-0.25, -0.2) is 12.8 Å². The third-order valence-electron chi connectivity index (χ3n) is 2.73. The average Bonchev–Trinajstić information content (AvgIpc) is 2.37. The monoisotopic (exact) mass is 436 g/mol. The highest BCUT2D eigenvalue weighted by atomic mass is 79.9. The molecule has 21 heavy (non-hydrogen) atoms. The van der Waals surface area contributed by atoms with Crippen molar-refractivity contribution in [3.63, 3.8) is 0 Å². The number of nitrogen functional groups attached to an aromatic ring is 1. The van der Waals surface area contributed by atoms with Crippen LogP contribution in [0, 0.1) is 12.7 Å². The zero-order valence-electron chi connectivity index (χ0n) is 10.8. The van der Waals surface area contributed by atoms with Crippen molar-refractivity contribution >= 4 is 53.3 Å². The number of halogens is 3. The Morgan fingerprint density at radius 1 is 1.19 bits per heavy atom. The molecule has 3 N–H and O–H groups in total. The third kappa shape index (κ3) is 3.38. The van der Waals surface area contributed by atoms with Gasteiger partial charge >= 0.3 is 0 Å². The number of nitrogens with one attached hydrogen (secondary N) is 1. The standard InChI is InChI=1S/C13H11Br2FN2O2S/c1-7-5-8(14)13(9(15)6-7)18-21(19,20)11-4-2-3-10(16)12(11)17/h2-6,18H,17H2,1H3. The van der Waals surface area contributed by atoms with Crippen molar-refractivity contribution in [1.29, 1.82) is 0 Å². The second-order valence-corrected chi connectivity index (χ2v) is 7.72. The number of benzene rings is 2. The van der Waals surface area contributed by atoms with Crippen molar-refractivity contribution in [2.45, 2.75) is 11.8 Å². The van der Waals surface area contributed by atoms with E-state index in [-0.39, 0.29) is 4.90 Å². The molecule has 0 amide bonds. The van der Waals surface area contributed by atoms with Crippen molar-refractivity contribution in [3.8, 4) is 0 Å². The van der Waals surface area contributed by atoms with E-state index in [9.17, 15) is 12.8 Å². The van der Waals surface area contributed by atoms with Crippen LogP contribution in [0.25, 0.3) is 0 Å². The van der Waals surface area contributed by atoms with Gasteiger partial charge in [0, 0.05) is 8.95 Å². The van der Waals surface area contributed by atoms with Crippen LogP contribution >= 0.6 is 31.9 Å². The second kappa shape index (κ2) is 5.94. The molecule has 0 spiro atoms. The first-order valence-corrected chi connectivity index (χ1v) is 8.82. The largest absolute Gasteiger partial charge is 0.395 e. The molecule has 0 saturated carbocycles. The van der Waals surface area contributed by atoms with E-state index in [0.717, 1.165) is 11.6 Å². The first-order chi connectivity index (χ1) is 9.72. The Morgan fingerprint density at radius 3 is 2.33 bits per heavy atom. The molecule has 112 valence electrons.